The van der Waals surface area contributed by atoms with Gasteiger partial charge in [-0.1, -0.05) is 6.92 Å². The van der Waals surface area contributed by atoms with Crippen molar-refractivity contribution in [1.29, 1.82) is 0 Å². The van der Waals surface area contributed by atoms with Crippen LogP contribution in [-0.4, -0.2) is 20.4 Å². The minimum absolute atomic E-state index is 0.295. The monoisotopic (exact) mass is 209 g/mol. The first-order chi connectivity index (χ1) is 7.35. The zero-order chi connectivity index (χ0) is 10.7. The van der Waals surface area contributed by atoms with E-state index in [1.165, 1.54) is 0 Å². The molecule has 0 atom stereocenters. The van der Waals surface area contributed by atoms with Crippen molar-refractivity contribution in [3.63, 3.8) is 0 Å². The molecule has 0 amide bonds. The molecule has 1 aromatic carbocycles. The summed E-state index contributed by atoms with van der Waals surface area (Å²) in [5.74, 6) is 2.39. The SMILES string of the molecule is CCNCc1cc2c(cc1OC)OCO2. The van der Waals surface area contributed by atoms with Gasteiger partial charge in [0, 0.05) is 18.2 Å². The second-order valence-corrected chi connectivity index (χ2v) is 3.30. The molecule has 0 saturated heterocycles. The van der Waals surface area contributed by atoms with Gasteiger partial charge in [-0.05, 0) is 12.6 Å². The lowest BCUT2D eigenvalue weighted by Crippen LogP contribution is -2.12. The standard InChI is InChI=1S/C11H15NO3/c1-3-12-6-8-4-10-11(15-7-14-10)5-9(8)13-2/h4-5,12H,3,6-7H2,1-2H3. The van der Waals surface area contributed by atoms with E-state index < -0.39 is 0 Å². The number of ether oxygens (including phenoxy) is 3. The molecule has 1 aromatic rings. The lowest BCUT2D eigenvalue weighted by atomic mass is 10.1. The Labute approximate surface area is 89.1 Å². The van der Waals surface area contributed by atoms with Gasteiger partial charge in [0.1, 0.15) is 5.75 Å². The molecule has 1 aliphatic heterocycles. The van der Waals surface area contributed by atoms with Crippen molar-refractivity contribution in [2.75, 3.05) is 20.4 Å². The number of rotatable bonds is 4. The van der Waals surface area contributed by atoms with E-state index in [0.29, 0.717) is 6.79 Å². The van der Waals surface area contributed by atoms with Crippen molar-refractivity contribution in [3.8, 4) is 17.2 Å². The molecule has 82 valence electrons. The van der Waals surface area contributed by atoms with E-state index in [1.54, 1.807) is 7.11 Å². The Morgan fingerprint density at radius 1 is 1.33 bits per heavy atom. The van der Waals surface area contributed by atoms with Crippen molar-refractivity contribution in [3.05, 3.63) is 17.7 Å². The Bertz CT molecular complexity index is 352. The minimum Gasteiger partial charge on any atom is -0.496 e. The Morgan fingerprint density at radius 3 is 2.73 bits per heavy atom. The van der Waals surface area contributed by atoms with Crippen LogP contribution in [0.5, 0.6) is 17.2 Å². The molecular weight excluding hydrogens is 194 g/mol. The fourth-order valence-electron chi connectivity index (χ4n) is 1.55. The maximum Gasteiger partial charge on any atom is 0.231 e. The van der Waals surface area contributed by atoms with Crippen LogP contribution in [0.3, 0.4) is 0 Å². The fourth-order valence-corrected chi connectivity index (χ4v) is 1.55. The highest BCUT2D eigenvalue weighted by molar-refractivity contribution is 5.51. The highest BCUT2D eigenvalue weighted by Crippen LogP contribution is 2.37. The molecule has 4 heteroatoms. The van der Waals surface area contributed by atoms with Crippen molar-refractivity contribution in [1.82, 2.24) is 5.32 Å². The molecule has 0 aliphatic carbocycles. The summed E-state index contributed by atoms with van der Waals surface area (Å²) in [6.07, 6.45) is 0. The molecule has 0 aromatic heterocycles. The summed E-state index contributed by atoms with van der Waals surface area (Å²) < 4.78 is 15.9. The van der Waals surface area contributed by atoms with E-state index in [-0.39, 0.29) is 0 Å². The number of hydrogen-bond donors (Lipinski definition) is 1. The van der Waals surface area contributed by atoms with Gasteiger partial charge in [-0.25, -0.2) is 0 Å². The van der Waals surface area contributed by atoms with E-state index in [2.05, 4.69) is 12.2 Å². The maximum atomic E-state index is 5.31. The third kappa shape index (κ3) is 1.99. The average Bonchev–Trinajstić information content (AvgIpc) is 2.71. The van der Waals surface area contributed by atoms with Gasteiger partial charge in [-0.2, -0.15) is 0 Å². The van der Waals surface area contributed by atoms with E-state index in [1.807, 2.05) is 12.1 Å². The van der Waals surface area contributed by atoms with Crippen LogP contribution < -0.4 is 19.5 Å². The molecule has 2 rings (SSSR count). The van der Waals surface area contributed by atoms with E-state index in [9.17, 15) is 0 Å². The van der Waals surface area contributed by atoms with Crippen molar-refractivity contribution in [2.45, 2.75) is 13.5 Å². The topological polar surface area (TPSA) is 39.7 Å². The summed E-state index contributed by atoms with van der Waals surface area (Å²) in [6.45, 7) is 4.07. The molecule has 0 bridgehead atoms. The quantitative estimate of drug-likeness (QED) is 0.816. The Morgan fingerprint density at radius 2 is 2.07 bits per heavy atom. The van der Waals surface area contributed by atoms with E-state index in [4.69, 9.17) is 14.2 Å². The highest BCUT2D eigenvalue weighted by atomic mass is 16.7. The Hall–Kier alpha value is -1.42. The van der Waals surface area contributed by atoms with Gasteiger partial charge in [-0.3, -0.25) is 0 Å². The first kappa shape index (κ1) is 10.1. The summed E-state index contributed by atoms with van der Waals surface area (Å²) in [7, 11) is 1.66. The molecule has 0 saturated carbocycles. The number of nitrogens with one attached hydrogen (secondary N) is 1. The summed E-state index contributed by atoms with van der Waals surface area (Å²) >= 11 is 0. The molecule has 0 radical (unpaired) electrons. The minimum atomic E-state index is 0.295. The summed E-state index contributed by atoms with van der Waals surface area (Å²) in [5, 5.41) is 3.25. The molecular formula is C11H15NO3. The van der Waals surface area contributed by atoms with Crippen LogP contribution in [0.2, 0.25) is 0 Å². The second kappa shape index (κ2) is 4.40. The molecule has 0 fully saturated rings. The van der Waals surface area contributed by atoms with Crippen molar-refractivity contribution < 1.29 is 14.2 Å². The zero-order valence-corrected chi connectivity index (χ0v) is 9.00. The second-order valence-electron chi connectivity index (χ2n) is 3.30. The van der Waals surface area contributed by atoms with Gasteiger partial charge in [0.05, 0.1) is 7.11 Å². The lowest BCUT2D eigenvalue weighted by Gasteiger charge is -2.09. The smallest absolute Gasteiger partial charge is 0.231 e. The first-order valence-corrected chi connectivity index (χ1v) is 5.02. The summed E-state index contributed by atoms with van der Waals surface area (Å²) in [5.41, 5.74) is 1.09. The van der Waals surface area contributed by atoms with Crippen LogP contribution in [0.25, 0.3) is 0 Å². The summed E-state index contributed by atoms with van der Waals surface area (Å²) in [6, 6.07) is 3.83. The number of hydrogen-bond acceptors (Lipinski definition) is 4. The normalized spacial score (nSPS) is 12.9. The summed E-state index contributed by atoms with van der Waals surface area (Å²) in [4.78, 5) is 0. The Kier molecular flexibility index (Phi) is 2.97. The molecule has 0 unspecified atom stereocenters. The zero-order valence-electron chi connectivity index (χ0n) is 9.00. The number of fused-ring (bicyclic) bond motifs is 1. The predicted molar refractivity (Wildman–Crippen MR) is 56.5 cm³/mol. The molecule has 4 nitrogen and oxygen atoms in total. The van der Waals surface area contributed by atoms with Crippen molar-refractivity contribution in [2.24, 2.45) is 0 Å². The fraction of sp³-hybridized carbons (Fsp3) is 0.455. The molecule has 0 spiro atoms. The highest BCUT2D eigenvalue weighted by Gasteiger charge is 2.17. The molecule has 1 heterocycles. The van der Waals surface area contributed by atoms with Crippen LogP contribution in [-0.2, 0) is 6.54 Å². The number of benzene rings is 1. The molecule has 1 N–H and O–H groups in total. The largest absolute Gasteiger partial charge is 0.496 e. The van der Waals surface area contributed by atoms with Gasteiger partial charge in [-0.15, -0.1) is 0 Å². The van der Waals surface area contributed by atoms with Crippen LogP contribution in [0.1, 0.15) is 12.5 Å². The average molecular weight is 209 g/mol. The number of methoxy groups -OCH3 is 1. The van der Waals surface area contributed by atoms with Gasteiger partial charge in [0.2, 0.25) is 6.79 Å². The predicted octanol–water partition coefficient (Wildman–Crippen LogP) is 1.53. The van der Waals surface area contributed by atoms with Gasteiger partial charge >= 0.3 is 0 Å². The molecule has 1 aliphatic rings. The lowest BCUT2D eigenvalue weighted by molar-refractivity contribution is 0.174. The van der Waals surface area contributed by atoms with Crippen molar-refractivity contribution >= 4 is 0 Å². The third-order valence-corrected chi connectivity index (χ3v) is 2.34. The third-order valence-electron chi connectivity index (χ3n) is 2.34. The van der Waals surface area contributed by atoms with Gasteiger partial charge in [0.25, 0.3) is 0 Å². The maximum absolute atomic E-state index is 5.31. The van der Waals surface area contributed by atoms with Crippen LogP contribution >= 0.6 is 0 Å². The molecule has 15 heavy (non-hydrogen) atoms. The van der Waals surface area contributed by atoms with Crippen LogP contribution in [0.4, 0.5) is 0 Å². The van der Waals surface area contributed by atoms with Gasteiger partial charge < -0.3 is 19.5 Å². The van der Waals surface area contributed by atoms with Crippen LogP contribution in [0.15, 0.2) is 12.1 Å². The van der Waals surface area contributed by atoms with Crippen LogP contribution in [0, 0.1) is 0 Å². The van der Waals surface area contributed by atoms with E-state index >= 15 is 0 Å². The van der Waals surface area contributed by atoms with E-state index in [0.717, 1.165) is 35.9 Å². The first-order valence-electron chi connectivity index (χ1n) is 5.02. The van der Waals surface area contributed by atoms with Gasteiger partial charge in [0.15, 0.2) is 11.5 Å². The Balaban J connectivity index is 2.27.